The lowest BCUT2D eigenvalue weighted by Crippen LogP contribution is -2.39. The zero-order valence-corrected chi connectivity index (χ0v) is 14.1. The zero-order valence-electron chi connectivity index (χ0n) is 14.1. The maximum Gasteiger partial charge on any atom is 0.0446 e. The van der Waals surface area contributed by atoms with Gasteiger partial charge in [0, 0.05) is 12.6 Å². The summed E-state index contributed by atoms with van der Waals surface area (Å²) in [6, 6.07) is 9.67. The summed E-state index contributed by atoms with van der Waals surface area (Å²) < 4.78 is 0. The molecule has 1 saturated heterocycles. The molecule has 0 spiro atoms. The number of nitrogens with one attached hydrogen (secondary N) is 1. The summed E-state index contributed by atoms with van der Waals surface area (Å²) in [7, 11) is 2.09. The number of likely N-dealkylation sites (tertiary alicyclic amines) is 1. The predicted octanol–water partition coefficient (Wildman–Crippen LogP) is 4.02. The van der Waals surface area contributed by atoms with Crippen LogP contribution < -0.4 is 5.32 Å². The molecule has 118 valence electrons. The molecule has 2 nitrogen and oxygen atoms in total. The number of hydrogen-bond acceptors (Lipinski definition) is 2. The van der Waals surface area contributed by atoms with Crippen molar-refractivity contribution in [1.82, 2.24) is 10.2 Å². The van der Waals surface area contributed by atoms with E-state index in [1.165, 1.54) is 56.3 Å². The highest BCUT2D eigenvalue weighted by Crippen LogP contribution is 2.22. The molecule has 21 heavy (non-hydrogen) atoms. The van der Waals surface area contributed by atoms with Gasteiger partial charge < -0.3 is 10.2 Å². The molecular weight excluding hydrogens is 256 g/mol. The van der Waals surface area contributed by atoms with Crippen molar-refractivity contribution < 1.29 is 0 Å². The van der Waals surface area contributed by atoms with Crippen molar-refractivity contribution in [2.75, 3.05) is 26.7 Å². The molecule has 0 radical (unpaired) electrons. The van der Waals surface area contributed by atoms with Crippen molar-refractivity contribution in [2.45, 2.75) is 52.0 Å². The van der Waals surface area contributed by atoms with Gasteiger partial charge in [-0.05, 0) is 56.4 Å². The van der Waals surface area contributed by atoms with Gasteiger partial charge in [0.25, 0.3) is 0 Å². The maximum atomic E-state index is 3.50. The van der Waals surface area contributed by atoms with Crippen LogP contribution in [0.4, 0.5) is 0 Å². The molecule has 0 bridgehead atoms. The Morgan fingerprint density at radius 3 is 2.33 bits per heavy atom. The van der Waals surface area contributed by atoms with Gasteiger partial charge in [0.2, 0.25) is 0 Å². The molecule has 1 N–H and O–H groups in total. The molecule has 1 aliphatic rings. The van der Waals surface area contributed by atoms with Crippen LogP contribution in [0.25, 0.3) is 0 Å². The molecule has 1 aliphatic heterocycles. The number of piperidine rings is 1. The second-order valence-corrected chi connectivity index (χ2v) is 6.49. The molecule has 1 aromatic rings. The average molecular weight is 288 g/mol. The van der Waals surface area contributed by atoms with Crippen LogP contribution in [0.2, 0.25) is 0 Å². The lowest BCUT2D eigenvalue weighted by atomic mass is 9.93. The van der Waals surface area contributed by atoms with E-state index in [4.69, 9.17) is 0 Å². The van der Waals surface area contributed by atoms with Crippen molar-refractivity contribution in [2.24, 2.45) is 5.92 Å². The number of likely N-dealkylation sites (N-methyl/N-ethyl adjacent to an activating group) is 1. The van der Waals surface area contributed by atoms with Gasteiger partial charge in [-0.3, -0.25) is 0 Å². The fourth-order valence-electron chi connectivity index (χ4n) is 3.40. The summed E-state index contributed by atoms with van der Waals surface area (Å²) in [5.41, 5.74) is 2.88. The van der Waals surface area contributed by atoms with Crippen LogP contribution in [0.15, 0.2) is 24.3 Å². The van der Waals surface area contributed by atoms with Crippen LogP contribution in [0, 0.1) is 5.92 Å². The van der Waals surface area contributed by atoms with Gasteiger partial charge in [-0.2, -0.15) is 0 Å². The Morgan fingerprint density at radius 2 is 1.81 bits per heavy atom. The zero-order chi connectivity index (χ0) is 15.1. The van der Waals surface area contributed by atoms with E-state index in [1.807, 2.05) is 0 Å². The summed E-state index contributed by atoms with van der Waals surface area (Å²) in [4.78, 5) is 2.63. The lowest BCUT2D eigenvalue weighted by molar-refractivity contribution is 0.168. The third-order valence-electron chi connectivity index (χ3n) is 4.99. The quantitative estimate of drug-likeness (QED) is 0.815. The van der Waals surface area contributed by atoms with E-state index in [1.54, 1.807) is 0 Å². The van der Waals surface area contributed by atoms with Gasteiger partial charge in [-0.1, -0.05) is 51.0 Å². The Balaban J connectivity index is 1.90. The minimum Gasteiger partial charge on any atom is -0.312 e. The van der Waals surface area contributed by atoms with Crippen LogP contribution in [-0.4, -0.2) is 31.6 Å². The first kappa shape index (κ1) is 16.5. The Kier molecular flexibility index (Phi) is 6.72. The smallest absolute Gasteiger partial charge is 0.0446 e. The molecule has 1 unspecified atom stereocenters. The van der Waals surface area contributed by atoms with Gasteiger partial charge in [0.15, 0.2) is 0 Å². The van der Waals surface area contributed by atoms with E-state index >= 15 is 0 Å². The summed E-state index contributed by atoms with van der Waals surface area (Å²) in [5, 5.41) is 3.50. The normalized spacial score (nSPS) is 18.8. The van der Waals surface area contributed by atoms with Crippen molar-refractivity contribution in [1.29, 1.82) is 0 Å². The molecule has 1 fully saturated rings. The summed E-state index contributed by atoms with van der Waals surface area (Å²) in [5.74, 6) is 0.961. The van der Waals surface area contributed by atoms with E-state index in [0.717, 1.165) is 12.5 Å². The summed E-state index contributed by atoms with van der Waals surface area (Å²) in [6.07, 6.45) is 6.52. The van der Waals surface area contributed by atoms with Crippen molar-refractivity contribution in [3.63, 3.8) is 0 Å². The largest absolute Gasteiger partial charge is 0.312 e. The van der Waals surface area contributed by atoms with E-state index < -0.39 is 0 Å². The first-order valence-electron chi connectivity index (χ1n) is 8.75. The molecular formula is C19H32N2. The highest BCUT2D eigenvalue weighted by atomic mass is 15.1. The Labute approximate surface area is 130 Å². The number of benzene rings is 1. The van der Waals surface area contributed by atoms with Gasteiger partial charge in [-0.15, -0.1) is 0 Å². The highest BCUT2D eigenvalue weighted by Gasteiger charge is 2.20. The minimum atomic E-state index is 0.457. The third kappa shape index (κ3) is 4.82. The molecule has 1 aromatic carbocycles. The van der Waals surface area contributed by atoms with Gasteiger partial charge in [0.1, 0.15) is 0 Å². The van der Waals surface area contributed by atoms with Crippen molar-refractivity contribution in [3.05, 3.63) is 35.4 Å². The van der Waals surface area contributed by atoms with E-state index in [9.17, 15) is 0 Å². The number of rotatable bonds is 7. The molecule has 2 rings (SSSR count). The van der Waals surface area contributed by atoms with Crippen LogP contribution >= 0.6 is 0 Å². The number of aryl methyl sites for hydroxylation is 1. The summed E-state index contributed by atoms with van der Waals surface area (Å²) >= 11 is 0. The Hall–Kier alpha value is -0.860. The standard InChI is InChI=1S/C19H32N2/c1-4-6-17-7-9-18(10-8-17)19(20-3)15-21-13-11-16(5-2)12-14-21/h7-10,16,19-20H,4-6,11-15H2,1-3H3. The van der Waals surface area contributed by atoms with Crippen LogP contribution in [0.3, 0.4) is 0 Å². The molecule has 0 aromatic heterocycles. The van der Waals surface area contributed by atoms with Crippen LogP contribution in [0.5, 0.6) is 0 Å². The first-order chi connectivity index (χ1) is 10.3. The second kappa shape index (κ2) is 8.55. The molecule has 1 atom stereocenters. The Morgan fingerprint density at radius 1 is 1.14 bits per heavy atom. The van der Waals surface area contributed by atoms with E-state index in [-0.39, 0.29) is 0 Å². The van der Waals surface area contributed by atoms with E-state index in [0.29, 0.717) is 6.04 Å². The Bertz CT molecular complexity index is 391. The van der Waals surface area contributed by atoms with Crippen LogP contribution in [0.1, 0.15) is 56.7 Å². The maximum absolute atomic E-state index is 3.50. The molecule has 0 aliphatic carbocycles. The second-order valence-electron chi connectivity index (χ2n) is 6.49. The summed E-state index contributed by atoms with van der Waals surface area (Å²) in [6.45, 7) is 8.24. The van der Waals surface area contributed by atoms with E-state index in [2.05, 4.69) is 55.4 Å². The minimum absolute atomic E-state index is 0.457. The monoisotopic (exact) mass is 288 g/mol. The average Bonchev–Trinajstić information content (AvgIpc) is 2.54. The SMILES string of the molecule is CCCc1ccc(C(CN2CCC(CC)CC2)NC)cc1. The molecule has 1 heterocycles. The predicted molar refractivity (Wildman–Crippen MR) is 91.7 cm³/mol. The van der Waals surface area contributed by atoms with Crippen molar-refractivity contribution >= 4 is 0 Å². The van der Waals surface area contributed by atoms with Gasteiger partial charge >= 0.3 is 0 Å². The van der Waals surface area contributed by atoms with Crippen LogP contribution in [-0.2, 0) is 6.42 Å². The molecule has 2 heteroatoms. The topological polar surface area (TPSA) is 15.3 Å². The molecule has 0 amide bonds. The highest BCUT2D eigenvalue weighted by molar-refractivity contribution is 5.25. The number of hydrogen-bond donors (Lipinski definition) is 1. The third-order valence-corrected chi connectivity index (χ3v) is 4.99. The first-order valence-corrected chi connectivity index (χ1v) is 8.75. The van der Waals surface area contributed by atoms with Gasteiger partial charge in [-0.25, -0.2) is 0 Å². The fourth-order valence-corrected chi connectivity index (χ4v) is 3.40. The lowest BCUT2D eigenvalue weighted by Gasteiger charge is -2.34. The number of nitrogens with zero attached hydrogens (tertiary/aromatic N) is 1. The fraction of sp³-hybridized carbons (Fsp3) is 0.684. The van der Waals surface area contributed by atoms with Crippen molar-refractivity contribution in [3.8, 4) is 0 Å². The van der Waals surface area contributed by atoms with Gasteiger partial charge in [0.05, 0.1) is 0 Å². The molecule has 0 saturated carbocycles.